The van der Waals surface area contributed by atoms with E-state index in [1.54, 1.807) is 29.9 Å². The van der Waals surface area contributed by atoms with Gasteiger partial charge in [-0.15, -0.1) is 11.3 Å². The number of methoxy groups -OCH3 is 2. The van der Waals surface area contributed by atoms with Crippen LogP contribution in [0.1, 0.15) is 16.1 Å². The van der Waals surface area contributed by atoms with Crippen LogP contribution in [0.2, 0.25) is 0 Å². The first-order valence-electron chi connectivity index (χ1n) is 11.1. The number of ether oxygens (including phenoxy) is 3. The molecule has 10 nitrogen and oxygen atoms in total. The minimum atomic E-state index is -0.734. The van der Waals surface area contributed by atoms with Gasteiger partial charge in [0.2, 0.25) is 0 Å². The highest BCUT2D eigenvalue weighted by Gasteiger charge is 2.21. The van der Waals surface area contributed by atoms with Crippen LogP contribution in [0.3, 0.4) is 0 Å². The molecule has 0 atom stereocenters. The number of hydrogen-bond acceptors (Lipinski definition) is 10. The van der Waals surface area contributed by atoms with E-state index in [9.17, 15) is 9.90 Å². The highest BCUT2D eigenvalue weighted by molar-refractivity contribution is 7.07. The highest BCUT2D eigenvalue weighted by atomic mass is 32.1. The summed E-state index contributed by atoms with van der Waals surface area (Å²) in [7, 11) is 2.93. The zero-order chi connectivity index (χ0) is 26.8. The molecule has 192 valence electrons. The molecule has 0 bridgehead atoms. The fraction of sp³-hybridized carbons (Fsp3) is 0.115. The monoisotopic (exact) mass is 533 g/mol. The predicted octanol–water partition coefficient (Wildman–Crippen LogP) is 5.36. The molecular weight excluding hydrogens is 513 g/mol. The van der Waals surface area contributed by atoms with Crippen molar-refractivity contribution in [3.63, 3.8) is 0 Å². The summed E-state index contributed by atoms with van der Waals surface area (Å²) in [5.74, 6) is -0.889. The maximum Gasteiger partial charge on any atom is 0.261 e. The van der Waals surface area contributed by atoms with Crippen molar-refractivity contribution in [2.75, 3.05) is 19.5 Å². The van der Waals surface area contributed by atoms with Crippen LogP contribution >= 0.6 is 11.3 Å². The molecule has 5 rings (SSSR count). The molecular formula is C26H20FN5O5S. The van der Waals surface area contributed by atoms with Crippen molar-refractivity contribution in [3.05, 3.63) is 70.7 Å². The molecule has 38 heavy (non-hydrogen) atoms. The Morgan fingerprint density at radius 2 is 1.89 bits per heavy atom. The lowest BCUT2D eigenvalue weighted by molar-refractivity contribution is 0.102. The van der Waals surface area contributed by atoms with Gasteiger partial charge in [-0.25, -0.2) is 14.4 Å². The van der Waals surface area contributed by atoms with Gasteiger partial charge >= 0.3 is 0 Å². The highest BCUT2D eigenvalue weighted by Crippen LogP contribution is 2.36. The summed E-state index contributed by atoms with van der Waals surface area (Å²) in [5.41, 5.74) is 3.90. The van der Waals surface area contributed by atoms with Gasteiger partial charge in [0, 0.05) is 41.7 Å². The molecule has 2 N–H and O–H groups in total. The number of fused-ring (bicyclic) bond motifs is 1. The maximum atomic E-state index is 15.0. The number of anilines is 1. The second kappa shape index (κ2) is 10.3. The Morgan fingerprint density at radius 3 is 2.61 bits per heavy atom. The Morgan fingerprint density at radius 1 is 1.05 bits per heavy atom. The van der Waals surface area contributed by atoms with E-state index in [-0.39, 0.29) is 34.4 Å². The smallest absolute Gasteiger partial charge is 0.261 e. The Hall–Kier alpha value is -4.84. The second-order valence-corrected chi connectivity index (χ2v) is 8.65. The van der Waals surface area contributed by atoms with Crippen molar-refractivity contribution in [3.8, 4) is 40.1 Å². The zero-order valence-corrected chi connectivity index (χ0v) is 21.2. The molecule has 4 heterocycles. The summed E-state index contributed by atoms with van der Waals surface area (Å²) < 4.78 is 31.3. The van der Waals surface area contributed by atoms with Gasteiger partial charge in [0.15, 0.2) is 23.1 Å². The number of carbonyl (C=O) groups is 1. The van der Waals surface area contributed by atoms with Gasteiger partial charge in [0.25, 0.3) is 11.8 Å². The summed E-state index contributed by atoms with van der Waals surface area (Å²) in [6.45, 7) is 1.71. The number of halogens is 1. The largest absolute Gasteiger partial charge is 0.506 e. The molecule has 5 aromatic rings. The van der Waals surface area contributed by atoms with E-state index >= 15 is 4.39 Å². The van der Waals surface area contributed by atoms with E-state index in [0.717, 1.165) is 6.07 Å². The summed E-state index contributed by atoms with van der Waals surface area (Å²) >= 11 is 1.35. The average molecular weight is 534 g/mol. The second-order valence-electron chi connectivity index (χ2n) is 7.93. The molecule has 0 saturated heterocycles. The van der Waals surface area contributed by atoms with Crippen LogP contribution in [0.4, 0.5) is 10.1 Å². The molecule has 0 fully saturated rings. The van der Waals surface area contributed by atoms with Crippen molar-refractivity contribution in [1.82, 2.24) is 19.9 Å². The van der Waals surface area contributed by atoms with Crippen molar-refractivity contribution >= 4 is 34.0 Å². The molecule has 0 aliphatic carbocycles. The lowest BCUT2D eigenvalue weighted by atomic mass is 10.1. The fourth-order valence-electron chi connectivity index (χ4n) is 3.77. The SMILES string of the molecule is COc1cc2nccc(Oc3ccc(NC(=O)c4cnc(C)c(-c5cscn5)c4O)cc3F)c2nc1OC. The number of pyridine rings is 3. The molecule has 0 radical (unpaired) electrons. The van der Waals surface area contributed by atoms with Crippen LogP contribution in [-0.4, -0.2) is 45.2 Å². The quantitative estimate of drug-likeness (QED) is 0.284. The summed E-state index contributed by atoms with van der Waals surface area (Å²) in [5, 5.41) is 15.1. The number of hydrogen-bond donors (Lipinski definition) is 2. The van der Waals surface area contributed by atoms with Gasteiger partial charge in [-0.2, -0.15) is 0 Å². The molecule has 0 aliphatic heterocycles. The molecule has 0 unspecified atom stereocenters. The van der Waals surface area contributed by atoms with Crippen LogP contribution in [0.5, 0.6) is 28.9 Å². The maximum absolute atomic E-state index is 15.0. The number of benzene rings is 1. The van der Waals surface area contributed by atoms with Crippen LogP contribution in [0.15, 0.2) is 53.6 Å². The summed E-state index contributed by atoms with van der Waals surface area (Å²) in [6.07, 6.45) is 2.76. The van der Waals surface area contributed by atoms with Crippen LogP contribution in [-0.2, 0) is 0 Å². The molecule has 1 aromatic carbocycles. The minimum absolute atomic E-state index is 0.0713. The van der Waals surface area contributed by atoms with E-state index in [1.165, 1.54) is 50.1 Å². The van der Waals surface area contributed by atoms with Crippen molar-refractivity contribution in [2.24, 2.45) is 0 Å². The van der Waals surface area contributed by atoms with Crippen LogP contribution in [0.25, 0.3) is 22.3 Å². The van der Waals surface area contributed by atoms with E-state index in [1.807, 2.05) is 0 Å². The lowest BCUT2D eigenvalue weighted by Crippen LogP contribution is -2.13. The van der Waals surface area contributed by atoms with Gasteiger partial charge in [0.1, 0.15) is 16.8 Å². The van der Waals surface area contributed by atoms with Gasteiger partial charge in [0.05, 0.1) is 42.2 Å². The number of carbonyl (C=O) groups excluding carboxylic acids is 1. The average Bonchev–Trinajstić information content (AvgIpc) is 3.44. The normalized spacial score (nSPS) is 10.8. The third-order valence-electron chi connectivity index (χ3n) is 5.60. The summed E-state index contributed by atoms with van der Waals surface area (Å²) in [6, 6.07) is 7.12. The number of amides is 1. The van der Waals surface area contributed by atoms with Gasteiger partial charge in [-0.1, -0.05) is 0 Å². The Kier molecular flexibility index (Phi) is 6.71. The van der Waals surface area contributed by atoms with Crippen LogP contribution < -0.4 is 19.5 Å². The van der Waals surface area contributed by atoms with E-state index in [2.05, 4.69) is 25.3 Å². The number of rotatable bonds is 7. The van der Waals surface area contributed by atoms with E-state index in [0.29, 0.717) is 33.7 Å². The molecule has 0 saturated carbocycles. The van der Waals surface area contributed by atoms with Crippen molar-refractivity contribution in [1.29, 1.82) is 0 Å². The number of nitrogens with zero attached hydrogens (tertiary/aromatic N) is 4. The van der Waals surface area contributed by atoms with Gasteiger partial charge < -0.3 is 24.6 Å². The fourth-order valence-corrected chi connectivity index (χ4v) is 4.31. The molecule has 0 aliphatic rings. The first-order valence-corrected chi connectivity index (χ1v) is 12.1. The number of aryl methyl sites for hydroxylation is 1. The van der Waals surface area contributed by atoms with E-state index in [4.69, 9.17) is 14.2 Å². The van der Waals surface area contributed by atoms with Crippen molar-refractivity contribution in [2.45, 2.75) is 6.92 Å². The standard InChI is InChI=1S/C26H20FN5O5S/c1-13-22(18-11-38-12-30-18)24(33)15(10-29-13)25(34)31-14-4-5-19(16(27)8-14)37-20-6-7-28-17-9-21(35-2)26(36-3)32-23(17)20/h4-12H,1-3H3,(H,29,33)(H,31,34). The third-order valence-corrected chi connectivity index (χ3v) is 6.19. The first kappa shape index (κ1) is 24.8. The van der Waals surface area contributed by atoms with E-state index < -0.39 is 11.7 Å². The molecule has 0 spiro atoms. The minimum Gasteiger partial charge on any atom is -0.506 e. The predicted molar refractivity (Wildman–Crippen MR) is 139 cm³/mol. The Balaban J connectivity index is 1.39. The number of aromatic hydroxyl groups is 1. The number of thiazole rings is 1. The Bertz CT molecular complexity index is 1660. The third kappa shape index (κ3) is 4.64. The van der Waals surface area contributed by atoms with Gasteiger partial charge in [-0.05, 0) is 19.1 Å². The molecule has 12 heteroatoms. The molecule has 1 amide bonds. The first-order chi connectivity index (χ1) is 18.4. The number of nitrogens with one attached hydrogen (secondary N) is 1. The zero-order valence-electron chi connectivity index (χ0n) is 20.4. The summed E-state index contributed by atoms with van der Waals surface area (Å²) in [4.78, 5) is 29.9. The number of aromatic nitrogens is 4. The van der Waals surface area contributed by atoms with Gasteiger partial charge in [-0.3, -0.25) is 14.8 Å². The molecule has 4 aromatic heterocycles. The topological polar surface area (TPSA) is 129 Å². The van der Waals surface area contributed by atoms with Crippen molar-refractivity contribution < 1.29 is 28.5 Å². The lowest BCUT2D eigenvalue weighted by Gasteiger charge is -2.13. The van der Waals surface area contributed by atoms with Crippen LogP contribution in [0, 0.1) is 12.7 Å². The Labute approximate surface area is 219 Å².